The Morgan fingerprint density at radius 1 is 1.05 bits per heavy atom. The highest BCUT2D eigenvalue weighted by molar-refractivity contribution is 9.10. The Morgan fingerprint density at radius 3 is 2.26 bits per heavy atom. The van der Waals surface area contributed by atoms with Crippen molar-refractivity contribution in [3.05, 3.63) is 56.7 Å². The second kappa shape index (κ2) is 6.69. The van der Waals surface area contributed by atoms with Crippen molar-refractivity contribution in [1.29, 1.82) is 0 Å². The monoisotopic (exact) mass is 337 g/mol. The van der Waals surface area contributed by atoms with Crippen molar-refractivity contribution in [3.63, 3.8) is 0 Å². The van der Waals surface area contributed by atoms with Crippen molar-refractivity contribution in [2.75, 3.05) is 0 Å². The first-order valence-corrected chi connectivity index (χ1v) is 8.30. The van der Waals surface area contributed by atoms with Gasteiger partial charge in [0, 0.05) is 21.4 Å². The number of hydrogen-bond acceptors (Lipinski definition) is 2. The maximum absolute atomic E-state index is 3.75. The maximum Gasteiger partial charge on any atom is 0.0442 e. The molecule has 2 rings (SSSR count). The lowest BCUT2D eigenvalue weighted by molar-refractivity contribution is 0.379. The SMILES string of the molecule is CC(C)C(N[C@H](C)c1ccc(Br)cc1)c1cccs1. The van der Waals surface area contributed by atoms with Crippen molar-refractivity contribution in [1.82, 2.24) is 5.32 Å². The number of rotatable bonds is 5. The van der Waals surface area contributed by atoms with E-state index in [2.05, 4.69) is 83.8 Å². The molecule has 3 heteroatoms. The van der Waals surface area contributed by atoms with Gasteiger partial charge in [-0.25, -0.2) is 0 Å². The van der Waals surface area contributed by atoms with Crippen LogP contribution in [-0.4, -0.2) is 0 Å². The molecule has 0 saturated carbocycles. The first-order valence-electron chi connectivity index (χ1n) is 6.63. The van der Waals surface area contributed by atoms with Gasteiger partial charge in [-0.1, -0.05) is 48.0 Å². The molecule has 0 saturated heterocycles. The molecule has 0 spiro atoms. The lowest BCUT2D eigenvalue weighted by Gasteiger charge is -2.26. The molecule has 1 heterocycles. The fraction of sp³-hybridized carbons (Fsp3) is 0.375. The zero-order valence-electron chi connectivity index (χ0n) is 11.6. The van der Waals surface area contributed by atoms with Gasteiger partial charge in [0.15, 0.2) is 0 Å². The van der Waals surface area contributed by atoms with Crippen LogP contribution >= 0.6 is 27.3 Å². The van der Waals surface area contributed by atoms with E-state index in [0.717, 1.165) is 4.47 Å². The van der Waals surface area contributed by atoms with Crippen LogP contribution in [0, 0.1) is 5.92 Å². The molecule has 0 radical (unpaired) electrons. The summed E-state index contributed by atoms with van der Waals surface area (Å²) in [6.07, 6.45) is 0. The van der Waals surface area contributed by atoms with E-state index in [1.807, 2.05) is 11.3 Å². The van der Waals surface area contributed by atoms with Crippen LogP contribution < -0.4 is 5.32 Å². The third-order valence-corrected chi connectivity index (χ3v) is 4.80. The smallest absolute Gasteiger partial charge is 0.0442 e. The summed E-state index contributed by atoms with van der Waals surface area (Å²) in [4.78, 5) is 1.42. The Bertz CT molecular complexity index is 490. The van der Waals surface area contributed by atoms with Crippen LogP contribution in [0.25, 0.3) is 0 Å². The standard InChI is InChI=1S/C16H20BrNS/c1-11(2)16(15-5-4-10-19-15)18-12(3)13-6-8-14(17)9-7-13/h4-12,16,18H,1-3H3/t12-,16?/m1/s1. The Kier molecular flexibility index (Phi) is 5.20. The van der Waals surface area contributed by atoms with E-state index < -0.39 is 0 Å². The molecule has 1 nitrogen and oxygen atoms in total. The van der Waals surface area contributed by atoms with Gasteiger partial charge in [0.1, 0.15) is 0 Å². The molecule has 1 unspecified atom stereocenters. The molecule has 1 N–H and O–H groups in total. The highest BCUT2D eigenvalue weighted by Gasteiger charge is 2.19. The molecule has 0 amide bonds. The van der Waals surface area contributed by atoms with Gasteiger partial charge in [-0.2, -0.15) is 0 Å². The molecular formula is C16H20BrNS. The minimum Gasteiger partial charge on any atom is -0.302 e. The van der Waals surface area contributed by atoms with E-state index in [-0.39, 0.29) is 0 Å². The largest absolute Gasteiger partial charge is 0.302 e. The van der Waals surface area contributed by atoms with Crippen LogP contribution in [0.15, 0.2) is 46.3 Å². The van der Waals surface area contributed by atoms with Gasteiger partial charge < -0.3 is 5.32 Å². The zero-order valence-corrected chi connectivity index (χ0v) is 14.0. The van der Waals surface area contributed by atoms with Crippen molar-refractivity contribution in [3.8, 4) is 0 Å². The van der Waals surface area contributed by atoms with Gasteiger partial charge in [0.05, 0.1) is 0 Å². The molecular weight excluding hydrogens is 318 g/mol. The van der Waals surface area contributed by atoms with Gasteiger partial charge in [0.25, 0.3) is 0 Å². The maximum atomic E-state index is 3.75. The second-order valence-corrected chi connectivity index (χ2v) is 7.07. The summed E-state index contributed by atoms with van der Waals surface area (Å²) >= 11 is 5.31. The minimum atomic E-state index is 0.350. The van der Waals surface area contributed by atoms with Crippen LogP contribution in [-0.2, 0) is 0 Å². The van der Waals surface area contributed by atoms with E-state index >= 15 is 0 Å². The third-order valence-electron chi connectivity index (χ3n) is 3.32. The fourth-order valence-corrected chi connectivity index (χ4v) is 3.41. The van der Waals surface area contributed by atoms with Gasteiger partial charge in [0.2, 0.25) is 0 Å². The average Bonchev–Trinajstić information content (AvgIpc) is 2.89. The number of nitrogens with one attached hydrogen (secondary N) is 1. The van der Waals surface area contributed by atoms with Crippen molar-refractivity contribution in [2.24, 2.45) is 5.92 Å². The molecule has 0 aliphatic carbocycles. The summed E-state index contributed by atoms with van der Waals surface area (Å²) in [7, 11) is 0. The number of hydrogen-bond donors (Lipinski definition) is 1. The summed E-state index contributed by atoms with van der Waals surface area (Å²) in [6.45, 7) is 6.77. The van der Waals surface area contributed by atoms with E-state index in [0.29, 0.717) is 18.0 Å². The second-order valence-electron chi connectivity index (χ2n) is 5.18. The molecule has 0 bridgehead atoms. The highest BCUT2D eigenvalue weighted by Crippen LogP contribution is 2.29. The minimum absolute atomic E-state index is 0.350. The third kappa shape index (κ3) is 3.91. The molecule has 19 heavy (non-hydrogen) atoms. The van der Waals surface area contributed by atoms with E-state index in [4.69, 9.17) is 0 Å². The Hall–Kier alpha value is -0.640. The average molecular weight is 338 g/mol. The van der Waals surface area contributed by atoms with E-state index in [9.17, 15) is 0 Å². The number of halogens is 1. The molecule has 1 aromatic heterocycles. The summed E-state index contributed by atoms with van der Waals surface area (Å²) < 4.78 is 1.13. The van der Waals surface area contributed by atoms with Crippen LogP contribution in [0.5, 0.6) is 0 Å². The predicted molar refractivity (Wildman–Crippen MR) is 87.6 cm³/mol. The summed E-state index contributed by atoms with van der Waals surface area (Å²) in [5.74, 6) is 0.580. The first-order chi connectivity index (χ1) is 9.08. The Morgan fingerprint density at radius 2 is 1.74 bits per heavy atom. The number of thiophene rings is 1. The van der Waals surface area contributed by atoms with Crippen LogP contribution in [0.2, 0.25) is 0 Å². The van der Waals surface area contributed by atoms with Gasteiger partial charge in [-0.05, 0) is 42.0 Å². The topological polar surface area (TPSA) is 12.0 Å². The highest BCUT2D eigenvalue weighted by atomic mass is 79.9. The summed E-state index contributed by atoms with van der Waals surface area (Å²) in [5, 5.41) is 5.90. The summed E-state index contributed by atoms with van der Waals surface area (Å²) in [6, 6.07) is 13.7. The van der Waals surface area contributed by atoms with Crippen molar-refractivity contribution < 1.29 is 0 Å². The van der Waals surface area contributed by atoms with E-state index in [1.54, 1.807) is 0 Å². The first kappa shape index (κ1) is 14.8. The van der Waals surface area contributed by atoms with Crippen LogP contribution in [0.3, 0.4) is 0 Å². The molecule has 1 aromatic carbocycles. The normalized spacial score (nSPS) is 14.6. The summed E-state index contributed by atoms with van der Waals surface area (Å²) in [5.41, 5.74) is 1.32. The molecule has 102 valence electrons. The van der Waals surface area contributed by atoms with Gasteiger partial charge >= 0.3 is 0 Å². The molecule has 0 aliphatic rings. The van der Waals surface area contributed by atoms with Crippen LogP contribution in [0.4, 0.5) is 0 Å². The van der Waals surface area contributed by atoms with Crippen LogP contribution in [0.1, 0.15) is 43.3 Å². The fourth-order valence-electron chi connectivity index (χ4n) is 2.19. The number of benzene rings is 1. The molecule has 2 atom stereocenters. The zero-order chi connectivity index (χ0) is 13.8. The van der Waals surface area contributed by atoms with Gasteiger partial charge in [-0.3, -0.25) is 0 Å². The Balaban J connectivity index is 2.11. The van der Waals surface area contributed by atoms with Crippen molar-refractivity contribution >= 4 is 27.3 Å². The lowest BCUT2D eigenvalue weighted by Crippen LogP contribution is -2.27. The molecule has 0 fully saturated rings. The molecule has 2 aromatic rings. The lowest BCUT2D eigenvalue weighted by atomic mass is 10.00. The molecule has 0 aliphatic heterocycles. The van der Waals surface area contributed by atoms with Gasteiger partial charge in [-0.15, -0.1) is 11.3 Å². The quantitative estimate of drug-likeness (QED) is 0.753. The predicted octanol–water partition coefficient (Wildman–Crippen LogP) is 5.56. The van der Waals surface area contributed by atoms with Crippen molar-refractivity contribution in [2.45, 2.75) is 32.9 Å². The Labute approximate surface area is 128 Å². The van der Waals surface area contributed by atoms with E-state index in [1.165, 1.54) is 10.4 Å².